The number of anilines is 1. The monoisotopic (exact) mass is 366 g/mol. The first kappa shape index (κ1) is 17.1. The Morgan fingerprint density at radius 1 is 1.15 bits per heavy atom. The first-order valence-corrected chi connectivity index (χ1v) is 9.69. The van der Waals surface area contributed by atoms with Crippen molar-refractivity contribution in [3.8, 4) is 10.6 Å². The van der Waals surface area contributed by atoms with E-state index in [9.17, 15) is 4.79 Å². The van der Waals surface area contributed by atoms with E-state index in [0.717, 1.165) is 58.3 Å². The molecule has 6 heteroatoms. The van der Waals surface area contributed by atoms with Gasteiger partial charge in [0.1, 0.15) is 16.6 Å². The molecule has 0 amide bonds. The summed E-state index contributed by atoms with van der Waals surface area (Å²) in [6.07, 6.45) is 2.40. The quantitative estimate of drug-likeness (QED) is 0.709. The largest absolute Gasteiger partial charge is 0.354 e. The van der Waals surface area contributed by atoms with Crippen molar-refractivity contribution in [2.24, 2.45) is 0 Å². The minimum absolute atomic E-state index is 0.179. The molecule has 1 aromatic carbocycles. The number of aromatic nitrogens is 2. The minimum atomic E-state index is 0.179. The number of hydrogen-bond donors (Lipinski definition) is 0. The average Bonchev–Trinajstić information content (AvgIpc) is 3.05. The molecule has 3 heterocycles. The van der Waals surface area contributed by atoms with Gasteiger partial charge in [-0.25, -0.2) is 9.97 Å². The van der Waals surface area contributed by atoms with Crippen LogP contribution in [-0.2, 0) is 11.2 Å². The first-order chi connectivity index (χ1) is 12.6. The van der Waals surface area contributed by atoms with Crippen LogP contribution < -0.4 is 4.90 Å². The Morgan fingerprint density at radius 3 is 2.65 bits per heavy atom. The van der Waals surface area contributed by atoms with Crippen molar-refractivity contribution < 1.29 is 4.79 Å². The molecular weight excluding hydrogens is 344 g/mol. The number of thiazole rings is 1. The lowest BCUT2D eigenvalue weighted by atomic mass is 10.1. The van der Waals surface area contributed by atoms with Crippen LogP contribution in [0, 0.1) is 0 Å². The smallest absolute Gasteiger partial charge is 0.134 e. The average molecular weight is 366 g/mol. The summed E-state index contributed by atoms with van der Waals surface area (Å²) >= 11 is 1.65. The van der Waals surface area contributed by atoms with Crippen LogP contribution in [0.3, 0.4) is 0 Å². The zero-order valence-electron chi connectivity index (χ0n) is 15.1. The lowest BCUT2D eigenvalue weighted by Crippen LogP contribution is -2.44. The fraction of sp³-hybridized carbons (Fsp3) is 0.350. The Balaban J connectivity index is 1.56. The third kappa shape index (κ3) is 3.61. The van der Waals surface area contributed by atoms with Gasteiger partial charge in [-0.15, -0.1) is 11.3 Å². The highest BCUT2D eigenvalue weighted by atomic mass is 32.1. The van der Waals surface area contributed by atoms with E-state index in [1.54, 1.807) is 18.3 Å². The van der Waals surface area contributed by atoms with Crippen LogP contribution in [0.2, 0.25) is 0 Å². The molecule has 0 N–H and O–H groups in total. The number of rotatable bonds is 4. The number of nitrogens with zero attached hydrogens (tertiary/aromatic N) is 4. The summed E-state index contributed by atoms with van der Waals surface area (Å²) in [5.74, 6) is 1.21. The van der Waals surface area contributed by atoms with Gasteiger partial charge < -0.3 is 9.80 Å². The number of ketones is 1. The standard InChI is InChI=1S/C20H22N4OS/c1-14(25)11-15-3-5-17-18(12-15)26-20(22-17)16-4-6-19(21-13-16)24-9-7-23(2)8-10-24/h3-6,12-13H,7-11H2,1-2H3. The number of carbonyl (C=O) groups excluding carboxylic acids is 1. The molecule has 1 aliphatic heterocycles. The number of benzene rings is 1. The molecule has 0 aliphatic carbocycles. The van der Waals surface area contributed by atoms with E-state index in [2.05, 4.69) is 40.0 Å². The zero-order valence-corrected chi connectivity index (χ0v) is 15.9. The highest BCUT2D eigenvalue weighted by Crippen LogP contribution is 2.31. The number of fused-ring (bicyclic) bond motifs is 1. The predicted molar refractivity (Wildman–Crippen MR) is 107 cm³/mol. The number of hydrogen-bond acceptors (Lipinski definition) is 6. The van der Waals surface area contributed by atoms with Crippen LogP contribution >= 0.6 is 11.3 Å². The summed E-state index contributed by atoms with van der Waals surface area (Å²) in [6, 6.07) is 10.3. The van der Waals surface area contributed by atoms with Gasteiger partial charge in [0.15, 0.2) is 0 Å². The lowest BCUT2D eigenvalue weighted by molar-refractivity contribution is -0.116. The molecule has 26 heavy (non-hydrogen) atoms. The predicted octanol–water partition coefficient (Wildman–Crippen LogP) is 3.24. The van der Waals surface area contributed by atoms with Gasteiger partial charge in [-0.3, -0.25) is 4.79 Å². The second-order valence-corrected chi connectivity index (χ2v) is 7.93. The Bertz CT molecular complexity index is 927. The van der Waals surface area contributed by atoms with Crippen molar-refractivity contribution in [3.63, 3.8) is 0 Å². The number of Topliss-reactive ketones (excluding diaryl/α,β-unsaturated/α-hetero) is 1. The van der Waals surface area contributed by atoms with Gasteiger partial charge >= 0.3 is 0 Å². The molecule has 4 rings (SSSR count). The van der Waals surface area contributed by atoms with Crippen molar-refractivity contribution in [2.45, 2.75) is 13.3 Å². The summed E-state index contributed by atoms with van der Waals surface area (Å²) in [5, 5.41) is 0.970. The molecule has 0 bridgehead atoms. The zero-order chi connectivity index (χ0) is 18.1. The number of carbonyl (C=O) groups is 1. The van der Waals surface area contributed by atoms with Crippen molar-refractivity contribution >= 4 is 33.2 Å². The molecule has 134 valence electrons. The Kier molecular flexibility index (Phi) is 4.70. The van der Waals surface area contributed by atoms with Crippen LogP contribution in [0.4, 0.5) is 5.82 Å². The van der Waals surface area contributed by atoms with E-state index in [1.807, 2.05) is 18.3 Å². The van der Waals surface area contributed by atoms with E-state index in [1.165, 1.54) is 0 Å². The van der Waals surface area contributed by atoms with Crippen LogP contribution in [0.5, 0.6) is 0 Å². The maximum absolute atomic E-state index is 11.3. The van der Waals surface area contributed by atoms with E-state index in [4.69, 9.17) is 4.98 Å². The molecule has 1 fully saturated rings. The molecule has 1 saturated heterocycles. The number of pyridine rings is 1. The lowest BCUT2D eigenvalue weighted by Gasteiger charge is -2.33. The molecule has 0 spiro atoms. The van der Waals surface area contributed by atoms with Crippen LogP contribution in [-0.4, -0.2) is 53.9 Å². The van der Waals surface area contributed by atoms with Crippen LogP contribution in [0.15, 0.2) is 36.5 Å². The Labute approximate surface area is 157 Å². The van der Waals surface area contributed by atoms with Gasteiger partial charge in [0.2, 0.25) is 0 Å². The molecule has 3 aromatic rings. The third-order valence-corrected chi connectivity index (χ3v) is 5.80. The highest BCUT2D eigenvalue weighted by Gasteiger charge is 2.15. The van der Waals surface area contributed by atoms with E-state index in [0.29, 0.717) is 6.42 Å². The highest BCUT2D eigenvalue weighted by molar-refractivity contribution is 7.21. The summed E-state index contributed by atoms with van der Waals surface area (Å²) in [6.45, 7) is 5.80. The van der Waals surface area contributed by atoms with E-state index in [-0.39, 0.29) is 5.78 Å². The molecular formula is C20H22N4OS. The fourth-order valence-corrected chi connectivity index (χ4v) is 4.24. The first-order valence-electron chi connectivity index (χ1n) is 8.87. The normalized spacial score (nSPS) is 15.5. The number of piperazine rings is 1. The van der Waals surface area contributed by atoms with Gasteiger partial charge in [0, 0.05) is 44.4 Å². The molecule has 1 aliphatic rings. The second kappa shape index (κ2) is 7.13. The topological polar surface area (TPSA) is 49.3 Å². The van der Waals surface area contributed by atoms with E-state index >= 15 is 0 Å². The Hall–Kier alpha value is -2.31. The third-order valence-electron chi connectivity index (χ3n) is 4.73. The molecule has 5 nitrogen and oxygen atoms in total. The minimum Gasteiger partial charge on any atom is -0.354 e. The van der Waals surface area contributed by atoms with Gasteiger partial charge in [0.05, 0.1) is 10.2 Å². The van der Waals surface area contributed by atoms with Gasteiger partial charge in [0.25, 0.3) is 0 Å². The van der Waals surface area contributed by atoms with Gasteiger partial charge in [-0.05, 0) is 43.8 Å². The molecule has 0 saturated carbocycles. The van der Waals surface area contributed by atoms with Crippen LogP contribution in [0.25, 0.3) is 20.8 Å². The summed E-state index contributed by atoms with van der Waals surface area (Å²) < 4.78 is 1.11. The maximum Gasteiger partial charge on any atom is 0.134 e. The summed E-state index contributed by atoms with van der Waals surface area (Å²) in [5.41, 5.74) is 3.06. The van der Waals surface area contributed by atoms with E-state index < -0.39 is 0 Å². The fourth-order valence-electron chi connectivity index (χ4n) is 3.23. The molecule has 0 radical (unpaired) electrons. The summed E-state index contributed by atoms with van der Waals surface area (Å²) in [7, 11) is 2.16. The van der Waals surface area contributed by atoms with Crippen molar-refractivity contribution in [1.82, 2.24) is 14.9 Å². The molecule has 0 unspecified atom stereocenters. The molecule has 2 aromatic heterocycles. The van der Waals surface area contributed by atoms with Crippen LogP contribution in [0.1, 0.15) is 12.5 Å². The van der Waals surface area contributed by atoms with Gasteiger partial charge in [-0.2, -0.15) is 0 Å². The van der Waals surface area contributed by atoms with Crippen molar-refractivity contribution in [2.75, 3.05) is 38.1 Å². The van der Waals surface area contributed by atoms with Gasteiger partial charge in [-0.1, -0.05) is 6.07 Å². The molecule has 0 atom stereocenters. The van der Waals surface area contributed by atoms with Crippen molar-refractivity contribution in [3.05, 3.63) is 42.1 Å². The second-order valence-electron chi connectivity index (χ2n) is 6.90. The van der Waals surface area contributed by atoms with Crippen molar-refractivity contribution in [1.29, 1.82) is 0 Å². The summed E-state index contributed by atoms with van der Waals surface area (Å²) in [4.78, 5) is 25.4. The Morgan fingerprint density at radius 2 is 1.96 bits per heavy atom. The SMILES string of the molecule is CC(=O)Cc1ccc2nc(-c3ccc(N4CCN(C)CC4)nc3)sc2c1. The number of likely N-dealkylation sites (N-methyl/N-ethyl adjacent to an activating group) is 1. The maximum atomic E-state index is 11.3.